The molecule has 0 spiro atoms. The fourth-order valence-electron chi connectivity index (χ4n) is 4.88. The van der Waals surface area contributed by atoms with E-state index in [4.69, 9.17) is 9.47 Å². The summed E-state index contributed by atoms with van der Waals surface area (Å²) in [6.45, 7) is 15.6. The van der Waals surface area contributed by atoms with E-state index in [0.29, 0.717) is 12.5 Å². The molecular formula is C26H38O3. The molecule has 1 aromatic rings. The fourth-order valence-corrected chi connectivity index (χ4v) is 4.88. The molecule has 0 unspecified atom stereocenters. The first-order chi connectivity index (χ1) is 13.5. The average molecular weight is 399 g/mol. The van der Waals surface area contributed by atoms with Crippen LogP contribution in [0.5, 0.6) is 11.5 Å². The lowest BCUT2D eigenvalue weighted by Gasteiger charge is -2.55. The predicted molar refractivity (Wildman–Crippen MR) is 120 cm³/mol. The van der Waals surface area contributed by atoms with Crippen molar-refractivity contribution in [2.24, 2.45) is 11.3 Å². The Morgan fingerprint density at radius 3 is 2.48 bits per heavy atom. The monoisotopic (exact) mass is 398 g/mol. The number of ether oxygens (including phenoxy) is 2. The maximum atomic E-state index is 10.6. The van der Waals surface area contributed by atoms with Crippen molar-refractivity contribution in [1.82, 2.24) is 0 Å². The topological polar surface area (TPSA) is 38.7 Å². The molecule has 0 saturated heterocycles. The molecule has 1 fully saturated rings. The van der Waals surface area contributed by atoms with Gasteiger partial charge < -0.3 is 14.6 Å². The fraction of sp³-hybridized carbons (Fsp3) is 0.615. The molecule has 1 aliphatic carbocycles. The highest BCUT2D eigenvalue weighted by Gasteiger charge is 2.54. The van der Waals surface area contributed by atoms with Gasteiger partial charge in [0, 0.05) is 12.0 Å². The van der Waals surface area contributed by atoms with Gasteiger partial charge in [0.25, 0.3) is 0 Å². The summed E-state index contributed by atoms with van der Waals surface area (Å²) in [6.07, 6.45) is 7.54. The van der Waals surface area contributed by atoms with Crippen molar-refractivity contribution < 1.29 is 14.6 Å². The van der Waals surface area contributed by atoms with Crippen molar-refractivity contribution in [3.8, 4) is 11.5 Å². The molecule has 0 bridgehead atoms. The lowest BCUT2D eigenvalue weighted by atomic mass is 9.57. The number of aliphatic hydroxyl groups excluding tert-OH is 1. The van der Waals surface area contributed by atoms with Gasteiger partial charge in [-0.2, -0.15) is 0 Å². The molecule has 1 aliphatic heterocycles. The van der Waals surface area contributed by atoms with E-state index >= 15 is 0 Å². The summed E-state index contributed by atoms with van der Waals surface area (Å²) in [5, 5.41) is 10.6. The lowest BCUT2D eigenvalue weighted by Crippen LogP contribution is -2.58. The number of hydrogen-bond acceptors (Lipinski definition) is 3. The van der Waals surface area contributed by atoms with Crippen molar-refractivity contribution in [3.05, 3.63) is 46.6 Å². The molecule has 3 atom stereocenters. The molecule has 3 nitrogen and oxygen atoms in total. The van der Waals surface area contributed by atoms with Crippen LogP contribution >= 0.6 is 0 Å². The summed E-state index contributed by atoms with van der Waals surface area (Å²) in [4.78, 5) is 0. The molecule has 3 rings (SSSR count). The third kappa shape index (κ3) is 4.55. The molecule has 0 aromatic heterocycles. The van der Waals surface area contributed by atoms with Crippen LogP contribution in [0.1, 0.15) is 72.4 Å². The summed E-state index contributed by atoms with van der Waals surface area (Å²) in [5.41, 5.74) is 4.59. The molecule has 0 radical (unpaired) electrons. The summed E-state index contributed by atoms with van der Waals surface area (Å²) < 4.78 is 12.8. The summed E-state index contributed by atoms with van der Waals surface area (Å²) >= 11 is 0. The van der Waals surface area contributed by atoms with Gasteiger partial charge in [0.1, 0.15) is 23.7 Å². The number of hydrogen-bond donors (Lipinski definition) is 1. The first kappa shape index (κ1) is 22.0. The Morgan fingerprint density at radius 2 is 1.83 bits per heavy atom. The van der Waals surface area contributed by atoms with Gasteiger partial charge in [-0.1, -0.05) is 31.1 Å². The van der Waals surface area contributed by atoms with Gasteiger partial charge in [-0.3, -0.25) is 0 Å². The van der Waals surface area contributed by atoms with Crippen LogP contribution in [0, 0.1) is 11.3 Å². The number of allylic oxidation sites excluding steroid dienone is 3. The zero-order valence-corrected chi connectivity index (χ0v) is 19.3. The van der Waals surface area contributed by atoms with Crippen molar-refractivity contribution in [2.75, 3.05) is 6.61 Å². The number of aliphatic hydroxyl groups is 1. The van der Waals surface area contributed by atoms with Gasteiger partial charge in [0.15, 0.2) is 0 Å². The molecule has 0 amide bonds. The molecule has 1 N–H and O–H groups in total. The van der Waals surface area contributed by atoms with E-state index in [9.17, 15) is 5.11 Å². The molecule has 1 heterocycles. The van der Waals surface area contributed by atoms with E-state index in [1.54, 1.807) is 0 Å². The third-order valence-electron chi connectivity index (χ3n) is 6.88. The van der Waals surface area contributed by atoms with Crippen LogP contribution in [0.3, 0.4) is 0 Å². The highest BCUT2D eigenvalue weighted by molar-refractivity contribution is 5.49. The van der Waals surface area contributed by atoms with Crippen molar-refractivity contribution >= 4 is 0 Å². The van der Waals surface area contributed by atoms with Gasteiger partial charge in [-0.05, 0) is 89.0 Å². The van der Waals surface area contributed by atoms with E-state index in [2.05, 4.69) is 72.8 Å². The summed E-state index contributed by atoms with van der Waals surface area (Å²) in [6, 6.07) is 4.37. The van der Waals surface area contributed by atoms with Gasteiger partial charge in [-0.25, -0.2) is 0 Å². The Bertz CT molecular complexity index is 809. The smallest absolute Gasteiger partial charge is 0.127 e. The van der Waals surface area contributed by atoms with Gasteiger partial charge in [0.05, 0.1) is 6.10 Å². The minimum atomic E-state index is -0.275. The van der Waals surface area contributed by atoms with Crippen molar-refractivity contribution in [1.29, 1.82) is 0 Å². The quantitative estimate of drug-likeness (QED) is 0.615. The predicted octanol–water partition coefficient (Wildman–Crippen LogP) is 6.03. The first-order valence-corrected chi connectivity index (χ1v) is 11.0. The normalized spacial score (nSPS) is 27.2. The van der Waals surface area contributed by atoms with Crippen molar-refractivity contribution in [2.45, 2.75) is 85.9 Å². The van der Waals surface area contributed by atoms with E-state index in [0.717, 1.165) is 37.2 Å². The second-order valence-electron chi connectivity index (χ2n) is 10.2. The van der Waals surface area contributed by atoms with Gasteiger partial charge in [-0.15, -0.1) is 0 Å². The van der Waals surface area contributed by atoms with Gasteiger partial charge >= 0.3 is 0 Å². The van der Waals surface area contributed by atoms with E-state index in [1.807, 2.05) is 0 Å². The third-order valence-corrected chi connectivity index (χ3v) is 6.88. The van der Waals surface area contributed by atoms with Crippen LogP contribution in [0.25, 0.3) is 0 Å². The van der Waals surface area contributed by atoms with E-state index < -0.39 is 0 Å². The summed E-state index contributed by atoms with van der Waals surface area (Å²) in [7, 11) is 0. The minimum Gasteiger partial charge on any atom is -0.489 e. The number of rotatable bonds is 5. The van der Waals surface area contributed by atoms with Gasteiger partial charge in [0.2, 0.25) is 0 Å². The van der Waals surface area contributed by atoms with Crippen LogP contribution < -0.4 is 9.47 Å². The minimum absolute atomic E-state index is 0.163. The molecule has 3 heteroatoms. The highest BCUT2D eigenvalue weighted by atomic mass is 16.5. The molecular weight excluding hydrogens is 360 g/mol. The largest absolute Gasteiger partial charge is 0.489 e. The molecule has 160 valence electrons. The Hall–Kier alpha value is -1.74. The zero-order chi connectivity index (χ0) is 21.4. The lowest BCUT2D eigenvalue weighted by molar-refractivity contribution is -0.137. The van der Waals surface area contributed by atoms with Crippen molar-refractivity contribution in [3.63, 3.8) is 0 Å². The van der Waals surface area contributed by atoms with Crippen LogP contribution in [0.15, 0.2) is 35.4 Å². The Labute approximate surface area is 176 Å². The van der Waals surface area contributed by atoms with E-state index in [-0.39, 0.29) is 17.1 Å². The van der Waals surface area contributed by atoms with Crippen LogP contribution in [-0.2, 0) is 12.8 Å². The molecule has 29 heavy (non-hydrogen) atoms. The number of fused-ring (bicyclic) bond motifs is 2. The SMILES string of the molecule is CC(C)=CCOc1cc2c(cc1CC=C(C)C)C[C@H]1C(C)(C)[C@@H](O)CC[C@]1(C)O2. The highest BCUT2D eigenvalue weighted by Crippen LogP contribution is 2.53. The number of benzene rings is 1. The Morgan fingerprint density at radius 1 is 1.14 bits per heavy atom. The average Bonchev–Trinajstić information content (AvgIpc) is 2.62. The van der Waals surface area contributed by atoms with Crippen LogP contribution in [0.2, 0.25) is 0 Å². The second-order valence-corrected chi connectivity index (χ2v) is 10.2. The zero-order valence-electron chi connectivity index (χ0n) is 19.3. The molecule has 2 aliphatic rings. The maximum Gasteiger partial charge on any atom is 0.127 e. The molecule has 1 aromatic carbocycles. The van der Waals surface area contributed by atoms with E-state index in [1.165, 1.54) is 22.3 Å². The maximum absolute atomic E-state index is 10.6. The Balaban J connectivity index is 1.98. The first-order valence-electron chi connectivity index (χ1n) is 11.0. The summed E-state index contributed by atoms with van der Waals surface area (Å²) in [5.74, 6) is 2.15. The molecule has 1 saturated carbocycles. The van der Waals surface area contributed by atoms with Crippen LogP contribution in [0.4, 0.5) is 0 Å². The standard InChI is InChI=1S/C26H38O3/c1-17(2)8-9-19-14-20-15-23-25(5,6)24(27)10-12-26(23,7)29-22(20)16-21(19)28-13-11-18(3)4/h8,11,14,16,23-24,27H,9-10,12-13,15H2,1-7H3/t23-,24-,26-/m0/s1. The van der Waals surface area contributed by atoms with Crippen LogP contribution in [-0.4, -0.2) is 23.4 Å². The second kappa shape index (κ2) is 8.18. The Kier molecular flexibility index (Phi) is 6.19.